The summed E-state index contributed by atoms with van der Waals surface area (Å²) in [6.45, 7) is 1.10. The highest BCUT2D eigenvalue weighted by Crippen LogP contribution is 2.16. The molecule has 0 saturated heterocycles. The standard InChI is InChI=1S/C16H14BrN5O2S/c17-12-2-4-13(5-3-12)24-8-7-18-14-6-1-11(9-19-14)15(23)21-16-22-20-10-25-16/h1-6,9-10H,7-8H2,(H,18,19)(H,21,22,23). The number of hydrogen-bond acceptors (Lipinski definition) is 7. The SMILES string of the molecule is O=C(Nc1nncs1)c1ccc(NCCOc2ccc(Br)cc2)nc1. The molecule has 1 amide bonds. The fraction of sp³-hybridized carbons (Fsp3) is 0.125. The molecule has 9 heteroatoms. The van der Waals surface area contributed by atoms with Crippen molar-refractivity contribution in [3.63, 3.8) is 0 Å². The molecule has 2 N–H and O–H groups in total. The number of rotatable bonds is 7. The third kappa shape index (κ3) is 5.23. The Bertz CT molecular complexity index is 810. The van der Waals surface area contributed by atoms with Crippen LogP contribution in [0.15, 0.2) is 52.6 Å². The van der Waals surface area contributed by atoms with Gasteiger partial charge < -0.3 is 10.1 Å². The quantitative estimate of drug-likeness (QED) is 0.570. The first-order chi connectivity index (χ1) is 12.2. The minimum absolute atomic E-state index is 0.269. The number of nitrogens with zero attached hydrogens (tertiary/aromatic N) is 3. The van der Waals surface area contributed by atoms with Gasteiger partial charge in [0.1, 0.15) is 23.7 Å². The highest BCUT2D eigenvalue weighted by atomic mass is 79.9. The predicted molar refractivity (Wildman–Crippen MR) is 100 cm³/mol. The number of hydrogen-bond donors (Lipinski definition) is 2. The van der Waals surface area contributed by atoms with Gasteiger partial charge in [-0.15, -0.1) is 10.2 Å². The molecular weight excluding hydrogens is 406 g/mol. The van der Waals surface area contributed by atoms with Crippen LogP contribution in [0.4, 0.5) is 10.9 Å². The zero-order valence-corrected chi connectivity index (χ0v) is 15.4. The van der Waals surface area contributed by atoms with Crippen LogP contribution in [0.25, 0.3) is 0 Å². The first kappa shape index (κ1) is 17.3. The molecule has 0 radical (unpaired) electrons. The normalized spacial score (nSPS) is 10.3. The Morgan fingerprint density at radius 1 is 1.20 bits per heavy atom. The largest absolute Gasteiger partial charge is 0.492 e. The lowest BCUT2D eigenvalue weighted by Gasteiger charge is -2.08. The van der Waals surface area contributed by atoms with E-state index in [4.69, 9.17) is 4.74 Å². The van der Waals surface area contributed by atoms with Crippen LogP contribution in [0.2, 0.25) is 0 Å². The van der Waals surface area contributed by atoms with Crippen molar-refractivity contribution in [3.05, 3.63) is 58.1 Å². The number of anilines is 2. The van der Waals surface area contributed by atoms with Crippen molar-refractivity contribution in [3.8, 4) is 5.75 Å². The fourth-order valence-corrected chi connectivity index (χ4v) is 2.61. The van der Waals surface area contributed by atoms with Gasteiger partial charge in [-0.05, 0) is 36.4 Å². The molecule has 2 aromatic heterocycles. The van der Waals surface area contributed by atoms with Crippen molar-refractivity contribution < 1.29 is 9.53 Å². The van der Waals surface area contributed by atoms with Crippen molar-refractivity contribution in [1.29, 1.82) is 0 Å². The van der Waals surface area contributed by atoms with E-state index in [1.165, 1.54) is 17.5 Å². The second kappa shape index (κ2) is 8.54. The van der Waals surface area contributed by atoms with Crippen LogP contribution in [0, 0.1) is 0 Å². The van der Waals surface area contributed by atoms with Gasteiger partial charge >= 0.3 is 0 Å². The van der Waals surface area contributed by atoms with E-state index in [0.29, 0.717) is 29.7 Å². The van der Waals surface area contributed by atoms with Crippen LogP contribution in [-0.4, -0.2) is 34.2 Å². The Balaban J connectivity index is 1.44. The third-order valence-corrected chi connectivity index (χ3v) is 4.23. The molecule has 0 aliphatic carbocycles. The van der Waals surface area contributed by atoms with E-state index in [1.807, 2.05) is 24.3 Å². The molecule has 0 fully saturated rings. The average Bonchev–Trinajstić information content (AvgIpc) is 3.14. The van der Waals surface area contributed by atoms with Gasteiger partial charge in [0.15, 0.2) is 0 Å². The number of carbonyl (C=O) groups is 1. The van der Waals surface area contributed by atoms with Crippen LogP contribution in [0.5, 0.6) is 5.75 Å². The number of nitrogens with one attached hydrogen (secondary N) is 2. The maximum Gasteiger partial charge on any atom is 0.259 e. The molecule has 0 aliphatic rings. The second-order valence-electron chi connectivity index (χ2n) is 4.86. The maximum absolute atomic E-state index is 12.0. The average molecular weight is 420 g/mol. The maximum atomic E-state index is 12.0. The molecule has 0 spiro atoms. The van der Waals surface area contributed by atoms with Crippen molar-refractivity contribution in [2.75, 3.05) is 23.8 Å². The van der Waals surface area contributed by atoms with E-state index in [9.17, 15) is 4.79 Å². The predicted octanol–water partition coefficient (Wildman–Crippen LogP) is 3.44. The van der Waals surface area contributed by atoms with E-state index in [-0.39, 0.29) is 5.91 Å². The van der Waals surface area contributed by atoms with Crippen molar-refractivity contribution >= 4 is 44.1 Å². The highest BCUT2D eigenvalue weighted by Gasteiger charge is 2.08. The summed E-state index contributed by atoms with van der Waals surface area (Å²) in [5.41, 5.74) is 2.00. The molecule has 7 nitrogen and oxygen atoms in total. The Kier molecular flexibility index (Phi) is 5.91. The van der Waals surface area contributed by atoms with Crippen molar-refractivity contribution in [1.82, 2.24) is 15.2 Å². The van der Waals surface area contributed by atoms with Crippen LogP contribution >= 0.6 is 27.3 Å². The van der Waals surface area contributed by atoms with Crippen LogP contribution in [-0.2, 0) is 0 Å². The molecule has 3 rings (SSSR count). The van der Waals surface area contributed by atoms with E-state index in [1.54, 1.807) is 17.6 Å². The number of ether oxygens (including phenoxy) is 1. The summed E-state index contributed by atoms with van der Waals surface area (Å²) in [6.07, 6.45) is 1.51. The van der Waals surface area contributed by atoms with Crippen molar-refractivity contribution in [2.24, 2.45) is 0 Å². The Hall–Kier alpha value is -2.52. The smallest absolute Gasteiger partial charge is 0.259 e. The summed E-state index contributed by atoms with van der Waals surface area (Å²) in [4.78, 5) is 16.2. The van der Waals surface area contributed by atoms with Gasteiger partial charge in [0.25, 0.3) is 5.91 Å². The number of halogens is 1. The number of pyridine rings is 1. The molecular formula is C16H14BrN5O2S. The lowest BCUT2D eigenvalue weighted by molar-refractivity contribution is 0.102. The summed E-state index contributed by atoms with van der Waals surface area (Å²) in [5.74, 6) is 1.21. The molecule has 0 unspecified atom stereocenters. The summed E-state index contributed by atoms with van der Waals surface area (Å²) in [7, 11) is 0. The van der Waals surface area contributed by atoms with Gasteiger partial charge in [0.05, 0.1) is 12.1 Å². The first-order valence-corrected chi connectivity index (χ1v) is 9.04. The molecule has 3 aromatic rings. The second-order valence-corrected chi connectivity index (χ2v) is 6.61. The minimum Gasteiger partial charge on any atom is -0.492 e. The van der Waals surface area contributed by atoms with Gasteiger partial charge in [-0.1, -0.05) is 27.3 Å². The number of aromatic nitrogens is 3. The van der Waals surface area contributed by atoms with E-state index < -0.39 is 0 Å². The minimum atomic E-state index is -0.269. The van der Waals surface area contributed by atoms with Gasteiger partial charge in [-0.25, -0.2) is 4.98 Å². The van der Waals surface area contributed by atoms with Gasteiger partial charge in [-0.3, -0.25) is 10.1 Å². The fourth-order valence-electron chi connectivity index (χ4n) is 1.91. The molecule has 0 bridgehead atoms. The van der Waals surface area contributed by atoms with Crippen LogP contribution in [0.1, 0.15) is 10.4 Å². The van der Waals surface area contributed by atoms with Crippen LogP contribution < -0.4 is 15.4 Å². The molecule has 1 aromatic carbocycles. The van der Waals surface area contributed by atoms with Gasteiger partial charge in [0, 0.05) is 10.7 Å². The molecule has 0 atom stereocenters. The van der Waals surface area contributed by atoms with Gasteiger partial charge in [0.2, 0.25) is 5.13 Å². The summed E-state index contributed by atoms with van der Waals surface area (Å²) in [5, 5.41) is 13.7. The monoisotopic (exact) mass is 419 g/mol. The first-order valence-electron chi connectivity index (χ1n) is 7.36. The van der Waals surface area contributed by atoms with Gasteiger partial charge in [-0.2, -0.15) is 0 Å². The number of benzene rings is 1. The topological polar surface area (TPSA) is 89.0 Å². The molecule has 0 aliphatic heterocycles. The van der Waals surface area contributed by atoms with E-state index in [2.05, 4.69) is 41.7 Å². The van der Waals surface area contributed by atoms with Crippen LogP contribution in [0.3, 0.4) is 0 Å². The Morgan fingerprint density at radius 2 is 2.04 bits per heavy atom. The highest BCUT2D eigenvalue weighted by molar-refractivity contribution is 9.10. The molecule has 0 saturated carbocycles. The molecule has 128 valence electrons. The third-order valence-electron chi connectivity index (χ3n) is 3.10. The molecule has 2 heterocycles. The van der Waals surface area contributed by atoms with Crippen molar-refractivity contribution in [2.45, 2.75) is 0 Å². The zero-order chi connectivity index (χ0) is 17.5. The number of carbonyl (C=O) groups excluding carboxylic acids is 1. The lowest BCUT2D eigenvalue weighted by atomic mass is 10.2. The Labute approximate surface area is 156 Å². The summed E-state index contributed by atoms with van der Waals surface area (Å²) in [6, 6.07) is 11.1. The summed E-state index contributed by atoms with van der Waals surface area (Å²) < 4.78 is 6.63. The molecule has 25 heavy (non-hydrogen) atoms. The Morgan fingerprint density at radius 3 is 2.72 bits per heavy atom. The van der Waals surface area contributed by atoms with E-state index >= 15 is 0 Å². The number of amides is 1. The lowest BCUT2D eigenvalue weighted by Crippen LogP contribution is -2.14. The zero-order valence-electron chi connectivity index (χ0n) is 13.0. The summed E-state index contributed by atoms with van der Waals surface area (Å²) >= 11 is 4.64. The van der Waals surface area contributed by atoms with E-state index in [0.717, 1.165) is 10.2 Å².